The molecule has 0 radical (unpaired) electrons. The molecule has 0 aromatic heterocycles. The third kappa shape index (κ3) is 3.66. The van der Waals surface area contributed by atoms with Gasteiger partial charge in [-0.05, 0) is 53.2 Å². The summed E-state index contributed by atoms with van der Waals surface area (Å²) in [7, 11) is 0. The van der Waals surface area contributed by atoms with Gasteiger partial charge in [-0.15, -0.1) is 0 Å². The fourth-order valence-corrected chi connectivity index (χ4v) is 3.20. The number of nitrogens with two attached hydrogens (primary N) is 1. The second-order valence-electron chi connectivity index (χ2n) is 6.78. The minimum atomic E-state index is -0.501. The number of nitrogens with one attached hydrogen (secondary N) is 2. The van der Waals surface area contributed by atoms with E-state index in [1.807, 2.05) is 24.3 Å². The van der Waals surface area contributed by atoms with Crippen molar-refractivity contribution in [1.29, 1.82) is 5.41 Å². The molecule has 0 unspecified atom stereocenters. The molecule has 148 valence electrons. The van der Waals surface area contributed by atoms with Crippen LogP contribution in [0.25, 0.3) is 10.8 Å². The highest BCUT2D eigenvalue weighted by Crippen LogP contribution is 2.22. The number of nitrogen functional groups attached to an aromatic ring is 1. The third-order valence-electron chi connectivity index (χ3n) is 4.78. The Morgan fingerprint density at radius 2 is 1.70 bits per heavy atom. The zero-order valence-electron chi connectivity index (χ0n) is 15.8. The lowest BCUT2D eigenvalue weighted by Crippen LogP contribution is -2.26. The number of aliphatic imine (C=N–C) groups is 1. The maximum absolute atomic E-state index is 12.6. The molecule has 0 saturated carbocycles. The molecule has 3 aromatic carbocycles. The molecular formula is C22H17N5O3. The van der Waals surface area contributed by atoms with Gasteiger partial charge < -0.3 is 11.1 Å². The number of anilines is 2. The number of hydrogen-bond acceptors (Lipinski definition) is 4. The van der Waals surface area contributed by atoms with E-state index >= 15 is 0 Å². The fraction of sp³-hybridized carbons (Fsp3) is 0.0455. The summed E-state index contributed by atoms with van der Waals surface area (Å²) >= 11 is 0. The van der Waals surface area contributed by atoms with Gasteiger partial charge in [-0.1, -0.05) is 18.2 Å². The number of carbonyl (C=O) groups is 3. The van der Waals surface area contributed by atoms with Gasteiger partial charge in [0, 0.05) is 22.5 Å². The van der Waals surface area contributed by atoms with Crippen molar-refractivity contribution >= 4 is 51.9 Å². The predicted octanol–water partition coefficient (Wildman–Crippen LogP) is 2.96. The van der Waals surface area contributed by atoms with Crippen molar-refractivity contribution in [2.45, 2.75) is 0 Å². The van der Waals surface area contributed by atoms with Crippen molar-refractivity contribution < 1.29 is 14.4 Å². The Morgan fingerprint density at radius 1 is 1.03 bits per heavy atom. The van der Waals surface area contributed by atoms with Gasteiger partial charge in [0.1, 0.15) is 11.5 Å². The van der Waals surface area contributed by atoms with Crippen LogP contribution in [-0.2, 0) is 4.79 Å². The Bertz CT molecular complexity index is 1230. The van der Waals surface area contributed by atoms with Gasteiger partial charge in [0.2, 0.25) is 0 Å². The van der Waals surface area contributed by atoms with Crippen LogP contribution in [0.3, 0.4) is 0 Å². The minimum Gasteiger partial charge on any atom is -0.384 e. The average Bonchev–Trinajstić information content (AvgIpc) is 3.14. The minimum absolute atomic E-state index is 0.00213. The van der Waals surface area contributed by atoms with E-state index in [0.29, 0.717) is 28.8 Å². The first-order chi connectivity index (χ1) is 14.4. The molecular weight excluding hydrogens is 382 g/mol. The molecule has 30 heavy (non-hydrogen) atoms. The first-order valence-electron chi connectivity index (χ1n) is 9.08. The number of hydrogen-bond donors (Lipinski definition) is 3. The number of rotatable bonds is 5. The van der Waals surface area contributed by atoms with E-state index < -0.39 is 6.03 Å². The van der Waals surface area contributed by atoms with Crippen molar-refractivity contribution in [3.05, 3.63) is 71.8 Å². The number of aldehydes is 1. The molecule has 3 amide bonds. The monoisotopic (exact) mass is 399 g/mol. The Kier molecular flexibility index (Phi) is 4.81. The predicted molar refractivity (Wildman–Crippen MR) is 116 cm³/mol. The molecule has 0 atom stereocenters. The van der Waals surface area contributed by atoms with E-state index in [2.05, 4.69) is 10.3 Å². The summed E-state index contributed by atoms with van der Waals surface area (Å²) in [5, 5.41) is 12.2. The van der Waals surface area contributed by atoms with E-state index in [9.17, 15) is 14.4 Å². The van der Waals surface area contributed by atoms with Crippen LogP contribution in [0, 0.1) is 5.41 Å². The molecule has 8 heteroatoms. The molecule has 0 fully saturated rings. The fourth-order valence-electron chi connectivity index (χ4n) is 3.20. The molecule has 1 heterocycles. The smallest absolute Gasteiger partial charge is 0.348 e. The SMILES string of the molecule is N=C(N)c1ccc2cc(NC(=O)c3ccc(N4CC(C=O)=NC4=O)cc3)ccc2c1. The normalized spacial score (nSPS) is 13.3. The largest absolute Gasteiger partial charge is 0.384 e. The topological polar surface area (TPSA) is 129 Å². The van der Waals surface area contributed by atoms with Crippen LogP contribution in [0.2, 0.25) is 0 Å². The standard InChI is InChI=1S/C22H17N5O3/c23-20(24)16-2-1-15-10-17(6-3-14(15)9-16)25-21(29)13-4-7-19(8-5-13)27-11-18(12-28)26-22(27)30/h1-10,12H,11H2,(H3,23,24)(H,25,29). The number of amides is 3. The van der Waals surface area contributed by atoms with Crippen molar-refractivity contribution in [2.75, 3.05) is 16.8 Å². The van der Waals surface area contributed by atoms with Gasteiger partial charge >= 0.3 is 6.03 Å². The maximum atomic E-state index is 12.6. The van der Waals surface area contributed by atoms with E-state index in [4.69, 9.17) is 11.1 Å². The van der Waals surface area contributed by atoms with Crippen molar-refractivity contribution in [1.82, 2.24) is 0 Å². The highest BCUT2D eigenvalue weighted by molar-refractivity contribution is 6.36. The van der Waals surface area contributed by atoms with Gasteiger partial charge in [-0.3, -0.25) is 19.9 Å². The lowest BCUT2D eigenvalue weighted by molar-refractivity contribution is -0.102. The van der Waals surface area contributed by atoms with E-state index in [1.54, 1.807) is 36.4 Å². The Hall–Kier alpha value is -4.33. The molecule has 4 rings (SSSR count). The lowest BCUT2D eigenvalue weighted by atomic mass is 10.1. The van der Waals surface area contributed by atoms with Gasteiger partial charge in [-0.25, -0.2) is 4.79 Å². The van der Waals surface area contributed by atoms with Gasteiger partial charge in [0.05, 0.1) is 6.54 Å². The molecule has 1 aliphatic rings. The Labute approximate surface area is 171 Å². The van der Waals surface area contributed by atoms with Crippen LogP contribution in [0.4, 0.5) is 16.2 Å². The zero-order chi connectivity index (χ0) is 21.3. The quantitative estimate of drug-likeness (QED) is 0.346. The van der Waals surface area contributed by atoms with E-state index in [0.717, 1.165) is 10.8 Å². The number of benzene rings is 3. The second kappa shape index (κ2) is 7.59. The first-order valence-corrected chi connectivity index (χ1v) is 9.08. The molecule has 8 nitrogen and oxygen atoms in total. The van der Waals surface area contributed by atoms with Crippen LogP contribution in [0.5, 0.6) is 0 Å². The summed E-state index contributed by atoms with van der Waals surface area (Å²) in [5.74, 6) is -0.291. The van der Waals surface area contributed by atoms with Crippen LogP contribution in [0.1, 0.15) is 15.9 Å². The molecule has 1 aliphatic heterocycles. The molecule has 0 bridgehead atoms. The number of fused-ring (bicyclic) bond motifs is 1. The summed E-state index contributed by atoms with van der Waals surface area (Å²) in [6, 6.07) is 16.9. The number of carbonyl (C=O) groups excluding carboxylic acids is 3. The van der Waals surface area contributed by atoms with Gasteiger partial charge in [0.25, 0.3) is 5.91 Å². The summed E-state index contributed by atoms with van der Waals surface area (Å²) in [5.41, 5.74) is 7.95. The molecule has 0 aliphatic carbocycles. The summed E-state index contributed by atoms with van der Waals surface area (Å²) in [6.45, 7) is 0.121. The van der Waals surface area contributed by atoms with Crippen molar-refractivity contribution in [3.8, 4) is 0 Å². The van der Waals surface area contributed by atoms with E-state index in [-0.39, 0.29) is 24.0 Å². The third-order valence-corrected chi connectivity index (χ3v) is 4.78. The van der Waals surface area contributed by atoms with Crippen molar-refractivity contribution in [2.24, 2.45) is 10.7 Å². The highest BCUT2D eigenvalue weighted by atomic mass is 16.2. The highest BCUT2D eigenvalue weighted by Gasteiger charge is 2.24. The zero-order valence-corrected chi connectivity index (χ0v) is 15.8. The number of amidine groups is 1. The van der Waals surface area contributed by atoms with Crippen LogP contribution in [0.15, 0.2) is 65.7 Å². The molecule has 4 N–H and O–H groups in total. The molecule has 0 spiro atoms. The van der Waals surface area contributed by atoms with Gasteiger partial charge in [-0.2, -0.15) is 4.99 Å². The summed E-state index contributed by atoms with van der Waals surface area (Å²) in [6.07, 6.45) is 0.560. The van der Waals surface area contributed by atoms with Crippen LogP contribution >= 0.6 is 0 Å². The average molecular weight is 399 g/mol. The Morgan fingerprint density at radius 3 is 2.37 bits per heavy atom. The Balaban J connectivity index is 1.48. The van der Waals surface area contributed by atoms with Crippen molar-refractivity contribution in [3.63, 3.8) is 0 Å². The maximum Gasteiger partial charge on any atom is 0.348 e. The lowest BCUT2D eigenvalue weighted by Gasteiger charge is -2.14. The van der Waals surface area contributed by atoms with Gasteiger partial charge in [0.15, 0.2) is 6.29 Å². The molecule has 0 saturated heterocycles. The summed E-state index contributed by atoms with van der Waals surface area (Å²) in [4.78, 5) is 40.3. The number of nitrogens with zero attached hydrogens (tertiary/aromatic N) is 2. The first kappa shape index (κ1) is 19.0. The molecule has 3 aromatic rings. The van der Waals surface area contributed by atoms with Crippen LogP contribution in [-0.4, -0.2) is 36.3 Å². The summed E-state index contributed by atoms with van der Waals surface area (Å²) < 4.78 is 0. The second-order valence-corrected chi connectivity index (χ2v) is 6.78. The van der Waals surface area contributed by atoms with Crippen LogP contribution < -0.4 is 16.0 Å². The number of urea groups is 1. The van der Waals surface area contributed by atoms with E-state index in [1.165, 1.54) is 4.90 Å².